The second kappa shape index (κ2) is 4.16. The van der Waals surface area contributed by atoms with Crippen LogP contribution < -0.4 is 0 Å². The van der Waals surface area contributed by atoms with E-state index in [-0.39, 0.29) is 0 Å². The molecule has 92 valence electrons. The van der Waals surface area contributed by atoms with E-state index in [0.29, 0.717) is 29.0 Å². The molecule has 1 nitrogen and oxygen atoms in total. The molecule has 1 spiro atoms. The summed E-state index contributed by atoms with van der Waals surface area (Å²) in [6.45, 7) is 9.15. The second-order valence-corrected chi connectivity index (χ2v) is 6.71. The van der Waals surface area contributed by atoms with Gasteiger partial charge >= 0.3 is 0 Å². The monoisotopic (exact) mass is 222 g/mol. The predicted molar refractivity (Wildman–Crippen MR) is 67.2 cm³/mol. The fraction of sp³-hybridized carbons (Fsp3) is 0.933. The Morgan fingerprint density at radius 1 is 1.19 bits per heavy atom. The average Bonchev–Trinajstić information content (AvgIpc) is 2.43. The quantitative estimate of drug-likeness (QED) is 0.654. The third-order valence-electron chi connectivity index (χ3n) is 5.33. The van der Waals surface area contributed by atoms with Crippen molar-refractivity contribution in [3.63, 3.8) is 0 Å². The molecule has 0 aromatic carbocycles. The van der Waals surface area contributed by atoms with Crippen LogP contribution in [0, 0.1) is 29.1 Å². The molecule has 0 aliphatic heterocycles. The maximum Gasteiger partial charge on any atom is 0.137 e. The lowest BCUT2D eigenvalue weighted by Gasteiger charge is -2.44. The number of hydrogen-bond acceptors (Lipinski definition) is 1. The first-order chi connectivity index (χ1) is 7.47. The molecule has 0 radical (unpaired) electrons. The van der Waals surface area contributed by atoms with Crippen LogP contribution in [0.2, 0.25) is 0 Å². The van der Waals surface area contributed by atoms with Gasteiger partial charge in [0, 0.05) is 12.3 Å². The van der Waals surface area contributed by atoms with E-state index >= 15 is 0 Å². The van der Waals surface area contributed by atoms with E-state index in [1.54, 1.807) is 0 Å². The minimum absolute atomic E-state index is 0.356. The molecule has 2 aliphatic carbocycles. The molecular formula is C15H26O. The zero-order valence-electron chi connectivity index (χ0n) is 11.3. The van der Waals surface area contributed by atoms with Crippen LogP contribution in [-0.2, 0) is 4.79 Å². The molecule has 0 amide bonds. The van der Waals surface area contributed by atoms with Gasteiger partial charge in [-0.2, -0.15) is 0 Å². The van der Waals surface area contributed by atoms with Gasteiger partial charge in [0.25, 0.3) is 0 Å². The maximum atomic E-state index is 12.2. The summed E-state index contributed by atoms with van der Waals surface area (Å²) in [4.78, 5) is 12.2. The van der Waals surface area contributed by atoms with Gasteiger partial charge in [0.15, 0.2) is 0 Å². The van der Waals surface area contributed by atoms with Crippen LogP contribution in [0.4, 0.5) is 0 Å². The lowest BCUT2D eigenvalue weighted by molar-refractivity contribution is -0.124. The van der Waals surface area contributed by atoms with Gasteiger partial charge in [-0.3, -0.25) is 4.79 Å². The number of rotatable bonds is 1. The van der Waals surface area contributed by atoms with E-state index in [1.807, 2.05) is 0 Å². The lowest BCUT2D eigenvalue weighted by atomic mass is 9.59. The van der Waals surface area contributed by atoms with Gasteiger partial charge < -0.3 is 0 Å². The zero-order valence-corrected chi connectivity index (χ0v) is 11.3. The Hall–Kier alpha value is -0.330. The van der Waals surface area contributed by atoms with Crippen LogP contribution in [0.1, 0.15) is 59.8 Å². The number of hydrogen-bond donors (Lipinski definition) is 0. The van der Waals surface area contributed by atoms with Crippen molar-refractivity contribution < 1.29 is 4.79 Å². The average molecular weight is 222 g/mol. The summed E-state index contributed by atoms with van der Waals surface area (Å²) in [7, 11) is 0. The van der Waals surface area contributed by atoms with Gasteiger partial charge in [-0.15, -0.1) is 0 Å². The van der Waals surface area contributed by atoms with Crippen molar-refractivity contribution in [1.29, 1.82) is 0 Å². The Morgan fingerprint density at radius 3 is 2.25 bits per heavy atom. The van der Waals surface area contributed by atoms with Crippen molar-refractivity contribution in [2.45, 2.75) is 59.8 Å². The Kier molecular flexibility index (Phi) is 3.16. The molecule has 0 saturated heterocycles. The highest BCUT2D eigenvalue weighted by molar-refractivity contribution is 5.85. The molecule has 0 unspecified atom stereocenters. The highest BCUT2D eigenvalue weighted by Crippen LogP contribution is 2.57. The van der Waals surface area contributed by atoms with Gasteiger partial charge in [0.2, 0.25) is 0 Å². The fourth-order valence-electron chi connectivity index (χ4n) is 4.40. The zero-order chi connectivity index (χ0) is 11.9. The Balaban J connectivity index is 2.25. The van der Waals surface area contributed by atoms with E-state index < -0.39 is 0 Å². The second-order valence-electron chi connectivity index (χ2n) is 6.71. The summed E-state index contributed by atoms with van der Waals surface area (Å²) in [6, 6.07) is 0. The molecule has 0 aromatic rings. The third-order valence-corrected chi connectivity index (χ3v) is 5.33. The normalized spacial score (nSPS) is 44.6. The maximum absolute atomic E-state index is 12.2. The van der Waals surface area contributed by atoms with Crippen LogP contribution in [0.3, 0.4) is 0 Å². The van der Waals surface area contributed by atoms with Crippen LogP contribution in [0.15, 0.2) is 0 Å². The lowest BCUT2D eigenvalue weighted by Crippen LogP contribution is -2.38. The molecule has 16 heavy (non-hydrogen) atoms. The van der Waals surface area contributed by atoms with Crippen molar-refractivity contribution in [2.24, 2.45) is 29.1 Å². The summed E-state index contributed by atoms with van der Waals surface area (Å²) in [6.07, 6.45) is 6.10. The van der Waals surface area contributed by atoms with Crippen molar-refractivity contribution in [2.75, 3.05) is 0 Å². The topological polar surface area (TPSA) is 17.1 Å². The number of Topliss-reactive ketones (excluding diaryl/α,β-unsaturated/α-hetero) is 1. The Labute approximate surface area is 100.0 Å². The molecule has 2 atom stereocenters. The van der Waals surface area contributed by atoms with E-state index in [0.717, 1.165) is 12.3 Å². The number of ketones is 1. The smallest absolute Gasteiger partial charge is 0.137 e. The van der Waals surface area contributed by atoms with Gasteiger partial charge in [0.05, 0.1) is 0 Å². The first-order valence-corrected chi connectivity index (χ1v) is 7.00. The molecular weight excluding hydrogens is 196 g/mol. The van der Waals surface area contributed by atoms with Crippen molar-refractivity contribution in [3.05, 3.63) is 0 Å². The summed E-state index contributed by atoms with van der Waals surface area (Å²) in [5, 5.41) is 0. The molecule has 0 aromatic heterocycles. The van der Waals surface area contributed by atoms with E-state index in [9.17, 15) is 4.79 Å². The van der Waals surface area contributed by atoms with Gasteiger partial charge in [-0.05, 0) is 36.0 Å². The Morgan fingerprint density at radius 2 is 1.75 bits per heavy atom. The van der Waals surface area contributed by atoms with E-state index in [4.69, 9.17) is 0 Å². The minimum Gasteiger partial charge on any atom is -0.299 e. The van der Waals surface area contributed by atoms with Crippen LogP contribution in [0.25, 0.3) is 0 Å². The molecule has 2 fully saturated rings. The van der Waals surface area contributed by atoms with Gasteiger partial charge in [0.1, 0.15) is 5.78 Å². The standard InChI is InChI=1S/C15H26O/c1-10(2)14-13(16)9-12(4)15(14)7-5-11(3)6-8-15/h10-12,14H,5-9H2,1-4H3/t11?,12-,14-,15?/m0/s1. The predicted octanol–water partition coefficient (Wildman–Crippen LogP) is 4.06. The van der Waals surface area contributed by atoms with Gasteiger partial charge in [-0.25, -0.2) is 0 Å². The van der Waals surface area contributed by atoms with Gasteiger partial charge in [-0.1, -0.05) is 40.5 Å². The number of carbonyl (C=O) groups is 1. The molecule has 0 N–H and O–H groups in total. The van der Waals surface area contributed by atoms with Crippen molar-refractivity contribution >= 4 is 5.78 Å². The third kappa shape index (κ3) is 1.72. The Bertz CT molecular complexity index is 271. The van der Waals surface area contributed by atoms with Crippen LogP contribution in [0.5, 0.6) is 0 Å². The summed E-state index contributed by atoms with van der Waals surface area (Å²) >= 11 is 0. The molecule has 0 heterocycles. The summed E-state index contributed by atoms with van der Waals surface area (Å²) in [5.74, 6) is 2.94. The van der Waals surface area contributed by atoms with Crippen molar-refractivity contribution in [1.82, 2.24) is 0 Å². The molecule has 2 rings (SSSR count). The van der Waals surface area contributed by atoms with E-state index in [1.165, 1.54) is 25.7 Å². The van der Waals surface area contributed by atoms with Crippen LogP contribution >= 0.6 is 0 Å². The molecule has 1 heteroatoms. The highest BCUT2D eigenvalue weighted by Gasteiger charge is 2.54. The van der Waals surface area contributed by atoms with Crippen molar-refractivity contribution in [3.8, 4) is 0 Å². The molecule has 2 saturated carbocycles. The first kappa shape index (κ1) is 12.1. The SMILES string of the molecule is CC1CCC2(CC1)[C@@H](C(C)C)C(=O)C[C@@H]2C. The number of carbonyl (C=O) groups excluding carboxylic acids is 1. The molecule has 0 bridgehead atoms. The summed E-state index contributed by atoms with van der Waals surface area (Å²) in [5.41, 5.74) is 0.373. The largest absolute Gasteiger partial charge is 0.299 e. The first-order valence-electron chi connectivity index (χ1n) is 7.00. The van der Waals surface area contributed by atoms with E-state index in [2.05, 4.69) is 27.7 Å². The highest BCUT2D eigenvalue weighted by atomic mass is 16.1. The molecule has 2 aliphatic rings. The minimum atomic E-state index is 0.356. The summed E-state index contributed by atoms with van der Waals surface area (Å²) < 4.78 is 0. The van der Waals surface area contributed by atoms with Crippen LogP contribution in [-0.4, -0.2) is 5.78 Å². The fourth-order valence-corrected chi connectivity index (χ4v) is 4.40.